The average molecular weight is 253 g/mol. The van der Waals surface area contributed by atoms with Gasteiger partial charge in [-0.3, -0.25) is 9.89 Å². The lowest BCUT2D eigenvalue weighted by Crippen LogP contribution is -2.32. The van der Waals surface area contributed by atoms with Crippen LogP contribution < -0.4 is 5.32 Å². The van der Waals surface area contributed by atoms with Crippen molar-refractivity contribution in [3.8, 4) is 0 Å². The number of anilines is 1. The van der Waals surface area contributed by atoms with Gasteiger partial charge in [0.05, 0.1) is 18.0 Å². The van der Waals surface area contributed by atoms with E-state index >= 15 is 0 Å². The Hall–Kier alpha value is -1.89. The summed E-state index contributed by atoms with van der Waals surface area (Å²) in [5.41, 5.74) is 0.0927. The van der Waals surface area contributed by atoms with Crippen LogP contribution in [0.5, 0.6) is 0 Å². The summed E-state index contributed by atoms with van der Waals surface area (Å²) in [6.07, 6.45) is 2.64. The lowest BCUT2D eigenvalue weighted by Gasteiger charge is -2.26. The zero-order valence-electron chi connectivity index (χ0n) is 9.97. The van der Waals surface area contributed by atoms with Crippen molar-refractivity contribution in [2.24, 2.45) is 5.92 Å². The molecule has 2 rings (SSSR count). The molecule has 0 aromatic carbocycles. The number of carboxylic acids is 1. The molecule has 1 aliphatic rings. The maximum absolute atomic E-state index is 12.0. The van der Waals surface area contributed by atoms with Crippen LogP contribution in [-0.4, -0.2) is 39.9 Å². The van der Waals surface area contributed by atoms with Crippen molar-refractivity contribution < 1.29 is 19.4 Å². The highest BCUT2D eigenvalue weighted by Crippen LogP contribution is 2.22. The van der Waals surface area contributed by atoms with E-state index in [-0.39, 0.29) is 29.3 Å². The van der Waals surface area contributed by atoms with Gasteiger partial charge in [0, 0.05) is 12.5 Å². The second-order valence-electron chi connectivity index (χ2n) is 4.36. The zero-order chi connectivity index (χ0) is 13.1. The van der Waals surface area contributed by atoms with E-state index in [2.05, 4.69) is 15.5 Å². The van der Waals surface area contributed by atoms with Crippen LogP contribution in [0.3, 0.4) is 0 Å². The fourth-order valence-corrected chi connectivity index (χ4v) is 2.01. The van der Waals surface area contributed by atoms with Gasteiger partial charge in [0.1, 0.15) is 0 Å². The highest BCUT2D eigenvalue weighted by Gasteiger charge is 2.26. The SMILES string of the molecule is CC1CC(C(=O)Nc2cn[nH]c2C(=O)O)CCO1. The first-order valence-corrected chi connectivity index (χ1v) is 5.77. The third kappa shape index (κ3) is 2.67. The van der Waals surface area contributed by atoms with Crippen molar-refractivity contribution >= 4 is 17.6 Å². The number of rotatable bonds is 3. The van der Waals surface area contributed by atoms with E-state index in [4.69, 9.17) is 9.84 Å². The second-order valence-corrected chi connectivity index (χ2v) is 4.36. The van der Waals surface area contributed by atoms with Crippen LogP contribution in [0.25, 0.3) is 0 Å². The minimum absolute atomic E-state index is 0.0535. The fourth-order valence-electron chi connectivity index (χ4n) is 2.01. The molecule has 3 N–H and O–H groups in total. The van der Waals surface area contributed by atoms with E-state index in [1.54, 1.807) is 0 Å². The van der Waals surface area contributed by atoms with Crippen LogP contribution in [0, 0.1) is 5.92 Å². The van der Waals surface area contributed by atoms with Gasteiger partial charge < -0.3 is 15.2 Å². The van der Waals surface area contributed by atoms with Crippen LogP contribution in [0.15, 0.2) is 6.20 Å². The number of nitrogens with one attached hydrogen (secondary N) is 2. The van der Waals surface area contributed by atoms with E-state index in [0.29, 0.717) is 19.4 Å². The summed E-state index contributed by atoms with van der Waals surface area (Å²) in [7, 11) is 0. The van der Waals surface area contributed by atoms with E-state index in [0.717, 1.165) is 0 Å². The lowest BCUT2D eigenvalue weighted by molar-refractivity contribution is -0.124. The quantitative estimate of drug-likeness (QED) is 0.741. The average Bonchev–Trinajstić information content (AvgIpc) is 2.77. The third-order valence-corrected chi connectivity index (χ3v) is 2.97. The Balaban J connectivity index is 2.02. The van der Waals surface area contributed by atoms with E-state index in [9.17, 15) is 9.59 Å². The Kier molecular flexibility index (Phi) is 3.61. The molecule has 0 aliphatic carbocycles. The van der Waals surface area contributed by atoms with Crippen molar-refractivity contribution in [2.75, 3.05) is 11.9 Å². The van der Waals surface area contributed by atoms with Crippen LogP contribution in [0.1, 0.15) is 30.3 Å². The molecule has 1 fully saturated rings. The van der Waals surface area contributed by atoms with Crippen molar-refractivity contribution in [3.05, 3.63) is 11.9 Å². The smallest absolute Gasteiger partial charge is 0.356 e. The largest absolute Gasteiger partial charge is 0.476 e. The van der Waals surface area contributed by atoms with Gasteiger partial charge >= 0.3 is 5.97 Å². The molecule has 1 aromatic rings. The second kappa shape index (κ2) is 5.18. The number of amides is 1. The molecule has 0 radical (unpaired) electrons. The number of hydrogen-bond acceptors (Lipinski definition) is 4. The first kappa shape index (κ1) is 12.6. The lowest BCUT2D eigenvalue weighted by atomic mass is 9.95. The standard InChI is InChI=1S/C11H15N3O4/c1-6-4-7(2-3-18-6)10(15)13-8-5-12-14-9(8)11(16)17/h5-7H,2-4H2,1H3,(H,12,14)(H,13,15)(H,16,17). The van der Waals surface area contributed by atoms with Gasteiger partial charge in [0.2, 0.25) is 5.91 Å². The number of carbonyl (C=O) groups excluding carboxylic acids is 1. The predicted molar refractivity (Wildman–Crippen MR) is 62.3 cm³/mol. The summed E-state index contributed by atoms with van der Waals surface area (Å²) < 4.78 is 5.36. The van der Waals surface area contributed by atoms with E-state index in [1.165, 1.54) is 6.20 Å². The van der Waals surface area contributed by atoms with Gasteiger partial charge in [-0.2, -0.15) is 5.10 Å². The molecule has 18 heavy (non-hydrogen) atoms. The van der Waals surface area contributed by atoms with Gasteiger partial charge in [0.25, 0.3) is 0 Å². The molecule has 2 atom stereocenters. The molecule has 2 unspecified atom stereocenters. The molecule has 1 amide bonds. The monoisotopic (exact) mass is 253 g/mol. The minimum Gasteiger partial charge on any atom is -0.476 e. The summed E-state index contributed by atoms with van der Waals surface area (Å²) in [5.74, 6) is -1.48. The molecule has 1 aromatic heterocycles. The van der Waals surface area contributed by atoms with Crippen molar-refractivity contribution in [3.63, 3.8) is 0 Å². The highest BCUT2D eigenvalue weighted by atomic mass is 16.5. The van der Waals surface area contributed by atoms with Gasteiger partial charge in [-0.05, 0) is 19.8 Å². The number of H-pyrrole nitrogens is 1. The Morgan fingerprint density at radius 2 is 2.39 bits per heavy atom. The molecule has 1 saturated heterocycles. The van der Waals surface area contributed by atoms with Crippen LogP contribution in [0.2, 0.25) is 0 Å². The molecular weight excluding hydrogens is 238 g/mol. The summed E-state index contributed by atoms with van der Waals surface area (Å²) in [5, 5.41) is 17.4. The van der Waals surface area contributed by atoms with Crippen molar-refractivity contribution in [2.45, 2.75) is 25.9 Å². The molecule has 0 bridgehead atoms. The minimum atomic E-state index is -1.15. The van der Waals surface area contributed by atoms with Crippen LogP contribution in [0.4, 0.5) is 5.69 Å². The Morgan fingerprint density at radius 1 is 1.61 bits per heavy atom. The maximum Gasteiger partial charge on any atom is 0.356 e. The predicted octanol–water partition coefficient (Wildman–Crippen LogP) is 0.861. The topological polar surface area (TPSA) is 104 Å². The summed E-state index contributed by atoms with van der Waals surface area (Å²) in [6, 6.07) is 0. The fraction of sp³-hybridized carbons (Fsp3) is 0.545. The highest BCUT2D eigenvalue weighted by molar-refractivity contribution is 5.99. The van der Waals surface area contributed by atoms with Crippen molar-refractivity contribution in [1.82, 2.24) is 10.2 Å². The number of nitrogens with zero attached hydrogens (tertiary/aromatic N) is 1. The maximum atomic E-state index is 12.0. The van der Waals surface area contributed by atoms with Gasteiger partial charge in [0.15, 0.2) is 5.69 Å². The first-order valence-electron chi connectivity index (χ1n) is 5.77. The first-order chi connectivity index (χ1) is 8.58. The van der Waals surface area contributed by atoms with Gasteiger partial charge in [-0.15, -0.1) is 0 Å². The van der Waals surface area contributed by atoms with E-state index in [1.807, 2.05) is 6.92 Å². The number of hydrogen-bond donors (Lipinski definition) is 3. The number of ether oxygens (including phenoxy) is 1. The number of carbonyl (C=O) groups is 2. The Morgan fingerprint density at radius 3 is 3.06 bits per heavy atom. The number of aromatic carboxylic acids is 1. The Bertz CT molecular complexity index is 457. The number of aromatic nitrogens is 2. The molecular formula is C11H15N3O4. The van der Waals surface area contributed by atoms with Crippen LogP contribution >= 0.6 is 0 Å². The van der Waals surface area contributed by atoms with Gasteiger partial charge in [-0.25, -0.2) is 4.79 Å². The zero-order valence-corrected chi connectivity index (χ0v) is 9.97. The molecule has 0 saturated carbocycles. The molecule has 0 spiro atoms. The number of carboxylic acid groups (broad SMARTS) is 1. The third-order valence-electron chi connectivity index (χ3n) is 2.97. The van der Waals surface area contributed by atoms with Crippen molar-refractivity contribution in [1.29, 1.82) is 0 Å². The molecule has 1 aliphatic heterocycles. The number of aromatic amines is 1. The van der Waals surface area contributed by atoms with E-state index < -0.39 is 5.97 Å². The Labute approximate surface area is 104 Å². The summed E-state index contributed by atoms with van der Waals surface area (Å²) in [4.78, 5) is 22.8. The molecule has 7 nitrogen and oxygen atoms in total. The van der Waals surface area contributed by atoms with Crippen LogP contribution in [-0.2, 0) is 9.53 Å². The summed E-state index contributed by atoms with van der Waals surface area (Å²) in [6.45, 7) is 2.47. The van der Waals surface area contributed by atoms with Gasteiger partial charge in [-0.1, -0.05) is 0 Å². The summed E-state index contributed by atoms with van der Waals surface area (Å²) >= 11 is 0. The molecule has 7 heteroatoms. The normalized spacial score (nSPS) is 23.6. The molecule has 2 heterocycles. The molecule has 98 valence electrons.